The highest BCUT2D eigenvalue weighted by Gasteiger charge is 2.15. The summed E-state index contributed by atoms with van der Waals surface area (Å²) in [6.07, 6.45) is 1.02. The van der Waals surface area contributed by atoms with Crippen LogP contribution >= 0.6 is 0 Å². The molecular formula is C11H16NO+. The second-order valence-electron chi connectivity index (χ2n) is 3.43. The highest BCUT2D eigenvalue weighted by Crippen LogP contribution is 2.23. The van der Waals surface area contributed by atoms with Crippen LogP contribution in [0.4, 0.5) is 5.69 Å². The SMILES string of the molecule is CCc1cc(C)c([N+](C)=O)c(C)c1. The largest absolute Gasteiger partial charge is 0.261 e. The second-order valence-corrected chi connectivity index (χ2v) is 3.43. The maximum Gasteiger partial charge on any atom is 0.261 e. The van der Waals surface area contributed by atoms with Gasteiger partial charge in [0.25, 0.3) is 5.69 Å². The molecule has 0 aliphatic rings. The van der Waals surface area contributed by atoms with Crippen LogP contribution in [-0.2, 0) is 6.42 Å². The molecule has 0 amide bonds. The Morgan fingerprint density at radius 2 is 1.69 bits per heavy atom. The van der Waals surface area contributed by atoms with Gasteiger partial charge in [-0.25, -0.2) is 0 Å². The fourth-order valence-corrected chi connectivity index (χ4v) is 1.75. The summed E-state index contributed by atoms with van der Waals surface area (Å²) in [6, 6.07) is 4.16. The molecule has 0 N–H and O–H groups in total. The van der Waals surface area contributed by atoms with Crippen molar-refractivity contribution in [3.8, 4) is 0 Å². The zero-order valence-electron chi connectivity index (χ0n) is 8.72. The first kappa shape index (κ1) is 9.90. The van der Waals surface area contributed by atoms with Crippen molar-refractivity contribution in [1.82, 2.24) is 0 Å². The molecule has 13 heavy (non-hydrogen) atoms. The Bertz CT molecular complexity index is 319. The molecule has 0 heterocycles. The number of aryl methyl sites for hydroxylation is 3. The zero-order chi connectivity index (χ0) is 10.0. The molecule has 0 spiro atoms. The van der Waals surface area contributed by atoms with E-state index in [9.17, 15) is 4.91 Å². The lowest BCUT2D eigenvalue weighted by Crippen LogP contribution is -1.98. The first-order valence-electron chi connectivity index (χ1n) is 4.57. The standard InChI is InChI=1S/C11H16NO/c1-5-10-6-8(2)11(12(4)13)9(3)7-10/h6-7H,5H2,1-4H3/q+1. The molecule has 0 aliphatic carbocycles. The number of nitroso groups, excluding NO2 is 1. The Morgan fingerprint density at radius 1 is 1.23 bits per heavy atom. The van der Waals surface area contributed by atoms with E-state index in [-0.39, 0.29) is 0 Å². The summed E-state index contributed by atoms with van der Waals surface area (Å²) in [5.74, 6) is 0. The molecule has 0 atom stereocenters. The van der Waals surface area contributed by atoms with Crippen LogP contribution < -0.4 is 0 Å². The van der Waals surface area contributed by atoms with Crippen LogP contribution in [0.3, 0.4) is 0 Å². The smallest absolute Gasteiger partial charge is 0.0613 e. The number of nitrogens with zero attached hydrogens (tertiary/aromatic N) is 1. The number of benzene rings is 1. The molecule has 1 rings (SSSR count). The minimum absolute atomic E-state index is 0.803. The van der Waals surface area contributed by atoms with Gasteiger partial charge in [-0.1, -0.05) is 6.92 Å². The fraction of sp³-hybridized carbons (Fsp3) is 0.455. The van der Waals surface area contributed by atoms with Gasteiger partial charge in [0.05, 0.1) is 0 Å². The van der Waals surface area contributed by atoms with Crippen LogP contribution in [0, 0.1) is 18.8 Å². The zero-order valence-corrected chi connectivity index (χ0v) is 8.72. The minimum atomic E-state index is 0.803. The number of hydrogen-bond acceptors (Lipinski definition) is 1. The van der Waals surface area contributed by atoms with E-state index in [0.29, 0.717) is 0 Å². The third-order valence-electron chi connectivity index (χ3n) is 2.27. The molecule has 70 valence electrons. The highest BCUT2D eigenvalue weighted by atomic mass is 16.3. The molecule has 0 saturated heterocycles. The third kappa shape index (κ3) is 1.94. The van der Waals surface area contributed by atoms with E-state index in [0.717, 1.165) is 28.0 Å². The van der Waals surface area contributed by atoms with E-state index >= 15 is 0 Å². The summed E-state index contributed by atoms with van der Waals surface area (Å²) in [5.41, 5.74) is 4.22. The lowest BCUT2D eigenvalue weighted by molar-refractivity contribution is -0.429. The van der Waals surface area contributed by atoms with Gasteiger partial charge in [0.1, 0.15) is 0 Å². The van der Waals surface area contributed by atoms with Gasteiger partial charge in [-0.15, -0.1) is 0 Å². The summed E-state index contributed by atoms with van der Waals surface area (Å²) >= 11 is 0. The van der Waals surface area contributed by atoms with Crippen LogP contribution in [0.2, 0.25) is 0 Å². The maximum absolute atomic E-state index is 11.2. The Kier molecular flexibility index (Phi) is 2.81. The molecular weight excluding hydrogens is 162 g/mol. The summed E-state index contributed by atoms with van der Waals surface area (Å²) in [6.45, 7) is 6.08. The summed E-state index contributed by atoms with van der Waals surface area (Å²) in [5, 5.41) is 0. The Hall–Kier alpha value is -1.18. The van der Waals surface area contributed by atoms with Gasteiger partial charge in [-0.3, -0.25) is 0 Å². The predicted molar refractivity (Wildman–Crippen MR) is 54.5 cm³/mol. The molecule has 0 unspecified atom stereocenters. The van der Waals surface area contributed by atoms with Crippen molar-refractivity contribution in [2.75, 3.05) is 7.05 Å². The lowest BCUT2D eigenvalue weighted by atomic mass is 10.0. The van der Waals surface area contributed by atoms with Crippen molar-refractivity contribution in [3.63, 3.8) is 0 Å². The van der Waals surface area contributed by atoms with Gasteiger partial charge < -0.3 is 0 Å². The summed E-state index contributed by atoms with van der Waals surface area (Å²) in [7, 11) is 1.54. The van der Waals surface area contributed by atoms with Crippen molar-refractivity contribution in [2.45, 2.75) is 27.2 Å². The van der Waals surface area contributed by atoms with E-state index in [1.54, 1.807) is 7.05 Å². The summed E-state index contributed by atoms with van der Waals surface area (Å²) < 4.78 is 0.935. The molecule has 0 radical (unpaired) electrons. The fourth-order valence-electron chi connectivity index (χ4n) is 1.75. The molecule has 0 bridgehead atoms. The van der Waals surface area contributed by atoms with Gasteiger partial charge in [0.15, 0.2) is 7.05 Å². The van der Waals surface area contributed by atoms with Gasteiger partial charge in [0, 0.05) is 20.8 Å². The van der Waals surface area contributed by atoms with E-state index in [4.69, 9.17) is 0 Å². The Labute approximate surface area is 79.2 Å². The van der Waals surface area contributed by atoms with Gasteiger partial charge in [-0.2, -0.15) is 0 Å². The maximum atomic E-state index is 11.2. The average Bonchev–Trinajstić information content (AvgIpc) is 2.02. The second kappa shape index (κ2) is 3.69. The molecule has 0 saturated carbocycles. The predicted octanol–water partition coefficient (Wildman–Crippen LogP) is 2.91. The highest BCUT2D eigenvalue weighted by molar-refractivity contribution is 5.48. The van der Waals surface area contributed by atoms with E-state index in [1.165, 1.54) is 5.56 Å². The van der Waals surface area contributed by atoms with E-state index in [2.05, 4.69) is 19.1 Å². The van der Waals surface area contributed by atoms with Crippen LogP contribution in [0.15, 0.2) is 12.1 Å². The quantitative estimate of drug-likeness (QED) is 0.637. The molecule has 2 heteroatoms. The van der Waals surface area contributed by atoms with Gasteiger partial charge >= 0.3 is 0 Å². The van der Waals surface area contributed by atoms with Crippen molar-refractivity contribution in [1.29, 1.82) is 0 Å². The van der Waals surface area contributed by atoms with Gasteiger partial charge in [-0.05, 0) is 38.0 Å². The van der Waals surface area contributed by atoms with Crippen molar-refractivity contribution >= 4 is 5.69 Å². The minimum Gasteiger partial charge on any atom is -0.0613 e. The first-order chi connectivity index (χ1) is 6.06. The molecule has 0 aliphatic heterocycles. The first-order valence-corrected chi connectivity index (χ1v) is 4.57. The van der Waals surface area contributed by atoms with Gasteiger partial charge in [0.2, 0.25) is 0 Å². The lowest BCUT2D eigenvalue weighted by Gasteiger charge is -2.03. The van der Waals surface area contributed by atoms with Crippen molar-refractivity contribution < 1.29 is 4.76 Å². The van der Waals surface area contributed by atoms with Crippen LogP contribution in [0.1, 0.15) is 23.6 Å². The average molecular weight is 178 g/mol. The summed E-state index contributed by atoms with van der Waals surface area (Å²) in [4.78, 5) is 11.2. The molecule has 2 nitrogen and oxygen atoms in total. The van der Waals surface area contributed by atoms with Crippen molar-refractivity contribution in [2.24, 2.45) is 0 Å². The van der Waals surface area contributed by atoms with Crippen LogP contribution in [0.25, 0.3) is 0 Å². The number of rotatable bonds is 2. The topological polar surface area (TPSA) is 20.1 Å². The van der Waals surface area contributed by atoms with E-state index < -0.39 is 0 Å². The monoisotopic (exact) mass is 178 g/mol. The van der Waals surface area contributed by atoms with Crippen LogP contribution in [-0.4, -0.2) is 11.8 Å². The molecule has 0 fully saturated rings. The van der Waals surface area contributed by atoms with E-state index in [1.807, 2.05) is 13.8 Å². The van der Waals surface area contributed by atoms with Crippen molar-refractivity contribution in [3.05, 3.63) is 33.7 Å². The molecule has 1 aromatic carbocycles. The third-order valence-corrected chi connectivity index (χ3v) is 2.27. The molecule has 0 aromatic heterocycles. The Balaban J connectivity index is 3.31. The molecule has 1 aromatic rings. The normalized spacial score (nSPS) is 10.2. The van der Waals surface area contributed by atoms with Crippen LogP contribution in [0.5, 0.6) is 0 Å². The number of hydrogen-bond donors (Lipinski definition) is 0. The Morgan fingerprint density at radius 3 is 2.00 bits per heavy atom.